The second kappa shape index (κ2) is 14.7. The smallest absolute Gasteiger partial charge is 0.308 e. The standard InChI is InChI=1S/C35H45BN2O4Si/c1-10-42-33(40)21-31(38-35(41)29(18-23(2)3)36-16-14-24(4)19-32(36)39)27-20-28(34-25(5)12-11-13-26(34)6)30(37-22-27)15-17-43(7,8)9/h11-14,16,19-20,22-23,29,31H,10,18,21H2,1-9H3,(H,38,41)/t29-,31?/m1/s1. The summed E-state index contributed by atoms with van der Waals surface area (Å²) in [5.74, 6) is 4.09. The fraction of sp³-hybridized carbons (Fsp3) is 0.429. The minimum Gasteiger partial charge on any atom is -0.466 e. The lowest BCUT2D eigenvalue weighted by atomic mass is 9.36. The highest BCUT2D eigenvalue weighted by atomic mass is 28.3. The van der Waals surface area contributed by atoms with E-state index in [9.17, 15) is 14.4 Å². The SMILES string of the molecule is CCOC(=O)CC(NC(=O)[C@@H](CC(C)C)B1C=CC(C)=CC1=O)c1cnc(C#C[Si](C)(C)C)c(-c2c(C)cccc2C)c1. The van der Waals surface area contributed by atoms with Gasteiger partial charge in [0.1, 0.15) is 19.5 Å². The Balaban J connectivity index is 2.12. The Bertz CT molecular complexity index is 1470. The van der Waals surface area contributed by atoms with Crippen molar-refractivity contribution >= 4 is 32.3 Å². The van der Waals surface area contributed by atoms with E-state index >= 15 is 0 Å². The fourth-order valence-corrected chi connectivity index (χ4v) is 5.83. The number of esters is 1. The van der Waals surface area contributed by atoms with E-state index in [1.807, 2.05) is 45.0 Å². The maximum atomic E-state index is 14.0. The molecule has 43 heavy (non-hydrogen) atoms. The number of aromatic nitrogens is 1. The number of nitrogens with one attached hydrogen (secondary N) is 1. The molecule has 6 nitrogen and oxygen atoms in total. The second-order valence-corrected chi connectivity index (χ2v) is 17.7. The third kappa shape index (κ3) is 9.39. The maximum Gasteiger partial charge on any atom is 0.308 e. The summed E-state index contributed by atoms with van der Waals surface area (Å²) in [5.41, 5.74) is 9.66. The first-order valence-electron chi connectivity index (χ1n) is 15.2. The molecule has 226 valence electrons. The van der Waals surface area contributed by atoms with Gasteiger partial charge in [-0.1, -0.05) is 63.7 Å². The Kier molecular flexibility index (Phi) is 11.5. The van der Waals surface area contributed by atoms with Gasteiger partial charge in [-0.15, -0.1) is 11.5 Å². The predicted molar refractivity (Wildman–Crippen MR) is 178 cm³/mol. The zero-order chi connectivity index (χ0) is 31.9. The van der Waals surface area contributed by atoms with E-state index < -0.39 is 32.6 Å². The van der Waals surface area contributed by atoms with Crippen LogP contribution in [0.1, 0.15) is 69.0 Å². The summed E-state index contributed by atoms with van der Waals surface area (Å²) < 4.78 is 5.30. The molecule has 0 radical (unpaired) electrons. The van der Waals surface area contributed by atoms with E-state index in [1.54, 1.807) is 19.2 Å². The van der Waals surface area contributed by atoms with Gasteiger partial charge in [0.2, 0.25) is 5.91 Å². The molecule has 1 amide bonds. The Morgan fingerprint density at radius 3 is 2.37 bits per heavy atom. The van der Waals surface area contributed by atoms with Crippen LogP contribution in [-0.4, -0.2) is 43.9 Å². The molecule has 1 N–H and O–H groups in total. The van der Waals surface area contributed by atoms with Crippen LogP contribution in [-0.2, 0) is 19.1 Å². The Morgan fingerprint density at radius 1 is 1.12 bits per heavy atom. The first-order chi connectivity index (χ1) is 20.2. The molecule has 1 aliphatic heterocycles. The fourth-order valence-electron chi connectivity index (χ4n) is 5.34. The molecule has 0 saturated heterocycles. The molecule has 1 aliphatic rings. The third-order valence-corrected chi connectivity index (χ3v) is 8.25. The van der Waals surface area contributed by atoms with Gasteiger partial charge in [0.15, 0.2) is 0 Å². The average molecular weight is 597 g/mol. The van der Waals surface area contributed by atoms with Crippen LogP contribution in [0.4, 0.5) is 0 Å². The molecule has 1 aromatic carbocycles. The molecular formula is C35H45BN2O4Si. The number of hydrogen-bond donors (Lipinski definition) is 1. The molecule has 0 spiro atoms. The average Bonchev–Trinajstić information content (AvgIpc) is 2.90. The van der Waals surface area contributed by atoms with Crippen LogP contribution < -0.4 is 5.32 Å². The lowest BCUT2D eigenvalue weighted by molar-refractivity contribution is -0.143. The molecular weight excluding hydrogens is 551 g/mol. The lowest BCUT2D eigenvalue weighted by Gasteiger charge is -2.27. The first-order valence-corrected chi connectivity index (χ1v) is 18.7. The Labute approximate surface area is 258 Å². The number of allylic oxidation sites excluding steroid dienone is 3. The van der Waals surface area contributed by atoms with Crippen LogP contribution in [0.25, 0.3) is 11.1 Å². The lowest BCUT2D eigenvalue weighted by Crippen LogP contribution is -2.42. The van der Waals surface area contributed by atoms with Crippen LogP contribution in [0.3, 0.4) is 0 Å². The summed E-state index contributed by atoms with van der Waals surface area (Å²) in [6.45, 7) is 18.1. The Morgan fingerprint density at radius 2 is 1.79 bits per heavy atom. The summed E-state index contributed by atoms with van der Waals surface area (Å²) in [4.78, 5) is 44.5. The van der Waals surface area contributed by atoms with Crippen LogP contribution >= 0.6 is 0 Å². The summed E-state index contributed by atoms with van der Waals surface area (Å²) in [7, 11) is -1.69. The second-order valence-electron chi connectivity index (χ2n) is 12.9. The van der Waals surface area contributed by atoms with Gasteiger partial charge in [-0.05, 0) is 80.0 Å². The van der Waals surface area contributed by atoms with Crippen molar-refractivity contribution < 1.29 is 19.1 Å². The zero-order valence-electron chi connectivity index (χ0n) is 27.1. The summed E-state index contributed by atoms with van der Waals surface area (Å²) >= 11 is 0. The van der Waals surface area contributed by atoms with E-state index in [4.69, 9.17) is 9.72 Å². The molecule has 0 aliphatic carbocycles. The highest BCUT2D eigenvalue weighted by molar-refractivity contribution is 6.98. The van der Waals surface area contributed by atoms with Gasteiger partial charge in [-0.2, -0.15) is 0 Å². The van der Waals surface area contributed by atoms with Crippen LogP contribution in [0.15, 0.2) is 54.2 Å². The van der Waals surface area contributed by atoms with Crippen molar-refractivity contribution in [1.29, 1.82) is 0 Å². The summed E-state index contributed by atoms with van der Waals surface area (Å²) in [6, 6.07) is 7.44. The van der Waals surface area contributed by atoms with Crippen molar-refractivity contribution in [1.82, 2.24) is 10.3 Å². The number of rotatable bonds is 10. The van der Waals surface area contributed by atoms with Crippen molar-refractivity contribution in [3.63, 3.8) is 0 Å². The van der Waals surface area contributed by atoms with Crippen LogP contribution in [0.2, 0.25) is 25.5 Å². The minimum atomic E-state index is -1.69. The number of aryl methyl sites for hydroxylation is 2. The number of benzene rings is 1. The maximum absolute atomic E-state index is 14.0. The summed E-state index contributed by atoms with van der Waals surface area (Å²) in [5, 5.41) is 3.13. The van der Waals surface area contributed by atoms with E-state index in [1.165, 1.54) is 0 Å². The van der Waals surface area contributed by atoms with E-state index in [2.05, 4.69) is 62.4 Å². The first kappa shape index (κ1) is 33.8. The monoisotopic (exact) mass is 596 g/mol. The van der Waals surface area contributed by atoms with Crippen LogP contribution in [0.5, 0.6) is 0 Å². The molecule has 8 heteroatoms. The molecule has 0 saturated carbocycles. The van der Waals surface area contributed by atoms with Crippen molar-refractivity contribution in [3.05, 3.63) is 76.5 Å². The largest absolute Gasteiger partial charge is 0.466 e. The highest BCUT2D eigenvalue weighted by Gasteiger charge is 2.37. The number of carbonyl (C=O) groups excluding carboxylic acids is 3. The van der Waals surface area contributed by atoms with Crippen molar-refractivity contribution in [3.8, 4) is 22.6 Å². The van der Waals surface area contributed by atoms with E-state index in [0.717, 1.165) is 27.8 Å². The molecule has 0 bridgehead atoms. The van der Waals surface area contributed by atoms with Crippen molar-refractivity contribution in [2.24, 2.45) is 5.92 Å². The molecule has 1 aromatic heterocycles. The van der Waals surface area contributed by atoms with Gasteiger partial charge in [0.25, 0.3) is 6.71 Å². The normalized spacial score (nSPS) is 14.5. The van der Waals surface area contributed by atoms with Gasteiger partial charge in [-0.25, -0.2) is 4.98 Å². The number of pyridine rings is 1. The number of ether oxygens (including phenoxy) is 1. The number of nitrogens with zero attached hydrogens (tertiary/aromatic N) is 1. The zero-order valence-corrected chi connectivity index (χ0v) is 28.1. The molecule has 1 unspecified atom stereocenters. The van der Waals surface area contributed by atoms with Crippen molar-refractivity contribution in [2.75, 3.05) is 6.61 Å². The van der Waals surface area contributed by atoms with Gasteiger partial charge in [0, 0.05) is 17.6 Å². The van der Waals surface area contributed by atoms with Gasteiger partial charge >= 0.3 is 5.97 Å². The summed E-state index contributed by atoms with van der Waals surface area (Å²) in [6.07, 6.45) is 5.66. The highest BCUT2D eigenvalue weighted by Crippen LogP contribution is 2.33. The predicted octanol–water partition coefficient (Wildman–Crippen LogP) is 6.78. The van der Waals surface area contributed by atoms with E-state index in [0.29, 0.717) is 17.7 Å². The number of carbonyl (C=O) groups is 3. The molecule has 2 aromatic rings. The van der Waals surface area contributed by atoms with Crippen LogP contribution in [0, 0.1) is 31.2 Å². The van der Waals surface area contributed by atoms with E-state index in [-0.39, 0.29) is 30.5 Å². The minimum absolute atomic E-state index is 0.0603. The van der Waals surface area contributed by atoms with Gasteiger partial charge in [0.05, 0.1) is 19.1 Å². The van der Waals surface area contributed by atoms with Gasteiger partial charge < -0.3 is 14.8 Å². The molecule has 0 fully saturated rings. The quantitative estimate of drug-likeness (QED) is 0.186. The Hall–Kier alpha value is -3.70. The van der Waals surface area contributed by atoms with Crippen molar-refractivity contribution in [2.45, 2.75) is 85.9 Å². The topological polar surface area (TPSA) is 85.4 Å². The van der Waals surface area contributed by atoms with Gasteiger partial charge in [-0.3, -0.25) is 9.59 Å². The molecule has 3 rings (SSSR count). The number of hydrogen-bond acceptors (Lipinski definition) is 5. The molecule has 2 heterocycles. The molecule has 2 atom stereocenters. The number of amides is 1. The third-order valence-electron chi connectivity index (χ3n) is 7.37.